The van der Waals surface area contributed by atoms with Gasteiger partial charge in [-0.25, -0.2) is 0 Å². The first-order valence-corrected chi connectivity index (χ1v) is 16.2. The second-order valence-corrected chi connectivity index (χ2v) is 28.7. The zero-order valence-electron chi connectivity index (χ0n) is 7.30. The average molecular weight is 379 g/mol. The van der Waals surface area contributed by atoms with Gasteiger partial charge in [-0.1, -0.05) is 0 Å². The Morgan fingerprint density at radius 3 is 1.62 bits per heavy atom. The van der Waals surface area contributed by atoms with Crippen molar-refractivity contribution in [1.29, 1.82) is 0 Å². The van der Waals surface area contributed by atoms with Crippen molar-refractivity contribution in [2.45, 2.75) is 10.5 Å². The summed E-state index contributed by atoms with van der Waals surface area (Å²) in [6, 6.07) is 0. The normalized spacial score (nSPS) is 10.8. The van der Waals surface area contributed by atoms with E-state index in [0.717, 1.165) is 0 Å². The molecule has 0 aliphatic rings. The molecule has 0 N–H and O–H groups in total. The molecule has 4 nitrogen and oxygen atoms in total. The third-order valence-electron chi connectivity index (χ3n) is 1.26. The van der Waals surface area contributed by atoms with E-state index in [9.17, 15) is 9.59 Å². The number of carbonyl (C=O) groups is 2. The van der Waals surface area contributed by atoms with Crippen molar-refractivity contribution in [3.63, 3.8) is 0 Å². The molecule has 0 aromatic rings. The van der Waals surface area contributed by atoms with Crippen LogP contribution in [-0.4, -0.2) is 35.7 Å². The minimum absolute atomic E-state index is 0.242. The van der Waals surface area contributed by atoms with Gasteiger partial charge >= 0.3 is 93.3 Å². The van der Waals surface area contributed by atoms with Crippen molar-refractivity contribution in [3.8, 4) is 0 Å². The van der Waals surface area contributed by atoms with Crippen molar-refractivity contribution in [3.05, 3.63) is 0 Å². The summed E-state index contributed by atoms with van der Waals surface area (Å²) in [4.78, 5) is 21.8. The quantitative estimate of drug-likeness (QED) is 0.550. The van der Waals surface area contributed by atoms with Crippen molar-refractivity contribution in [2.24, 2.45) is 0 Å². The topological polar surface area (TPSA) is 52.6 Å². The van der Waals surface area contributed by atoms with E-state index >= 15 is 0 Å². The third kappa shape index (κ3) is 6.51. The Kier molecular flexibility index (Phi) is 6.23. The fourth-order valence-corrected chi connectivity index (χ4v) is 8.03. The predicted molar refractivity (Wildman–Crippen MR) is 57.3 cm³/mol. The van der Waals surface area contributed by atoms with Crippen LogP contribution in [0.1, 0.15) is 0 Å². The number of halogens is 2. The Hall–Kier alpha value is 0.443. The molecule has 76 valence electrons. The number of esters is 2. The van der Waals surface area contributed by atoms with Gasteiger partial charge in [0, 0.05) is 0 Å². The van der Waals surface area contributed by atoms with Crippen LogP contribution >= 0.6 is 28.0 Å². The first kappa shape index (κ1) is 13.4. The molecular formula is C6H10Br2GeO4. The summed E-state index contributed by atoms with van der Waals surface area (Å²) in [6.07, 6.45) is 0. The van der Waals surface area contributed by atoms with Crippen LogP contribution < -0.4 is 0 Å². The zero-order chi connectivity index (χ0) is 10.5. The predicted octanol–water partition coefficient (Wildman–Crippen LogP) is 1.56. The molecule has 0 heterocycles. The monoisotopic (exact) mass is 378 g/mol. The number of ether oxygens (including phenoxy) is 2. The van der Waals surface area contributed by atoms with Gasteiger partial charge in [0.15, 0.2) is 0 Å². The van der Waals surface area contributed by atoms with Crippen molar-refractivity contribution >= 4 is 49.5 Å². The Balaban J connectivity index is 4.07. The summed E-state index contributed by atoms with van der Waals surface area (Å²) < 4.78 is 8.99. The minimum atomic E-state index is -2.69. The molecule has 0 aromatic carbocycles. The maximum atomic E-state index is 10.9. The number of rotatable bonds is 4. The number of carbonyl (C=O) groups excluding carboxylic acids is 2. The van der Waals surface area contributed by atoms with Crippen LogP contribution in [0.2, 0.25) is 10.5 Å². The SMILES string of the molecule is COC(=O)[CH2][Ge]([Br])([Br])[CH2]C(=O)OC. The molecule has 0 amide bonds. The Morgan fingerprint density at radius 2 is 1.38 bits per heavy atom. The molecular weight excluding hydrogens is 368 g/mol. The summed E-state index contributed by atoms with van der Waals surface area (Å²) in [5.41, 5.74) is 0. The van der Waals surface area contributed by atoms with Crippen LogP contribution in [0.3, 0.4) is 0 Å². The van der Waals surface area contributed by atoms with Crippen molar-refractivity contribution < 1.29 is 19.1 Å². The van der Waals surface area contributed by atoms with Gasteiger partial charge in [0.1, 0.15) is 0 Å². The van der Waals surface area contributed by atoms with E-state index in [1.165, 1.54) is 14.2 Å². The molecule has 13 heavy (non-hydrogen) atoms. The van der Waals surface area contributed by atoms with E-state index in [4.69, 9.17) is 0 Å². The first-order valence-electron chi connectivity index (χ1n) is 3.43. The average Bonchev–Trinajstić information content (AvgIpc) is 2.02. The Bertz CT molecular complexity index is 187. The van der Waals surface area contributed by atoms with Gasteiger partial charge in [-0.05, 0) is 0 Å². The molecule has 0 saturated heterocycles. The molecule has 0 saturated carbocycles. The van der Waals surface area contributed by atoms with Gasteiger partial charge in [-0.15, -0.1) is 0 Å². The molecule has 0 aromatic heterocycles. The van der Waals surface area contributed by atoms with Crippen LogP contribution in [-0.2, 0) is 19.1 Å². The van der Waals surface area contributed by atoms with E-state index < -0.39 is 9.58 Å². The molecule has 0 radical (unpaired) electrons. The fourth-order valence-electron chi connectivity index (χ4n) is 0.629. The standard InChI is InChI=1S/C6H10Br2GeO4/c1-12-5(10)3-9(7,8)4-6(11)13-2/h3-4H2,1-2H3. The van der Waals surface area contributed by atoms with E-state index in [-0.39, 0.29) is 22.4 Å². The Labute approximate surface area is 92.9 Å². The fraction of sp³-hybridized carbons (Fsp3) is 0.667. The molecule has 0 spiro atoms. The molecule has 0 unspecified atom stereocenters. The van der Waals surface area contributed by atoms with E-state index in [0.29, 0.717) is 0 Å². The number of hydrogen-bond donors (Lipinski definition) is 0. The number of methoxy groups -OCH3 is 2. The molecule has 0 rings (SSSR count). The Morgan fingerprint density at radius 1 is 1.08 bits per heavy atom. The maximum absolute atomic E-state index is 10.9. The second kappa shape index (κ2) is 6.03. The summed E-state index contributed by atoms with van der Waals surface area (Å²) in [6.45, 7) is 0. The van der Waals surface area contributed by atoms with Gasteiger partial charge in [-0.2, -0.15) is 0 Å². The van der Waals surface area contributed by atoms with Crippen LogP contribution in [0.5, 0.6) is 0 Å². The van der Waals surface area contributed by atoms with Crippen LogP contribution in [0.4, 0.5) is 0 Å². The van der Waals surface area contributed by atoms with E-state index in [2.05, 4.69) is 37.5 Å². The summed E-state index contributed by atoms with van der Waals surface area (Å²) in [7, 11) is -0.0553. The zero-order valence-corrected chi connectivity index (χ0v) is 12.6. The van der Waals surface area contributed by atoms with E-state index in [1.54, 1.807) is 0 Å². The van der Waals surface area contributed by atoms with Gasteiger partial charge in [0.05, 0.1) is 0 Å². The summed E-state index contributed by atoms with van der Waals surface area (Å²) in [5, 5.41) is 0.483. The number of hydrogen-bond acceptors (Lipinski definition) is 4. The van der Waals surface area contributed by atoms with Gasteiger partial charge < -0.3 is 0 Å². The van der Waals surface area contributed by atoms with Crippen LogP contribution in [0.25, 0.3) is 0 Å². The third-order valence-corrected chi connectivity index (χ3v) is 10.5. The van der Waals surface area contributed by atoms with Crippen molar-refractivity contribution in [1.82, 2.24) is 0 Å². The molecule has 0 aliphatic carbocycles. The van der Waals surface area contributed by atoms with Gasteiger partial charge in [0.25, 0.3) is 0 Å². The van der Waals surface area contributed by atoms with E-state index in [1.807, 2.05) is 0 Å². The molecule has 7 heteroatoms. The van der Waals surface area contributed by atoms with Crippen molar-refractivity contribution in [2.75, 3.05) is 14.2 Å². The summed E-state index contributed by atoms with van der Waals surface area (Å²) in [5.74, 6) is -0.643. The molecule has 0 aliphatic heterocycles. The van der Waals surface area contributed by atoms with Crippen LogP contribution in [0.15, 0.2) is 0 Å². The first-order chi connectivity index (χ1) is 5.91. The van der Waals surface area contributed by atoms with Crippen LogP contribution in [0, 0.1) is 0 Å². The molecule has 0 atom stereocenters. The summed E-state index contributed by atoms with van der Waals surface area (Å²) >= 11 is 6.73. The van der Waals surface area contributed by atoms with Gasteiger partial charge in [0.2, 0.25) is 0 Å². The van der Waals surface area contributed by atoms with Gasteiger partial charge in [-0.3, -0.25) is 0 Å². The molecule has 0 fully saturated rings. The molecule has 0 bridgehead atoms. The second-order valence-electron chi connectivity index (χ2n) is 2.36.